The fourth-order valence-corrected chi connectivity index (χ4v) is 2.48. The van der Waals surface area contributed by atoms with Crippen molar-refractivity contribution in [2.45, 2.75) is 25.4 Å². The molecule has 0 radical (unpaired) electrons. The second-order valence-electron chi connectivity index (χ2n) is 4.44. The van der Waals surface area contributed by atoms with Crippen LogP contribution in [0.3, 0.4) is 0 Å². The summed E-state index contributed by atoms with van der Waals surface area (Å²) in [5.41, 5.74) is 0.845. The standard InChI is InChI=1S/C12H15BrN4O/c13-9-3-4-11-15-12(16-17(11)8-9)14-6-5-10-2-1-7-18-10/h3-4,8,10H,1-2,5-7H2,(H,14,16). The summed E-state index contributed by atoms with van der Waals surface area (Å²) in [6.07, 6.45) is 5.68. The number of nitrogens with one attached hydrogen (secondary N) is 1. The van der Waals surface area contributed by atoms with Gasteiger partial charge in [0.15, 0.2) is 5.65 Å². The molecule has 3 rings (SSSR count). The summed E-state index contributed by atoms with van der Waals surface area (Å²) in [5, 5.41) is 7.60. The Morgan fingerprint density at radius 3 is 3.28 bits per heavy atom. The van der Waals surface area contributed by atoms with Crippen LogP contribution in [-0.2, 0) is 4.74 Å². The summed E-state index contributed by atoms with van der Waals surface area (Å²) in [7, 11) is 0. The third kappa shape index (κ3) is 2.64. The van der Waals surface area contributed by atoms with Crippen LogP contribution < -0.4 is 5.32 Å². The first kappa shape index (κ1) is 11.9. The molecular formula is C12H15BrN4O. The number of anilines is 1. The van der Waals surface area contributed by atoms with Gasteiger partial charge in [0.25, 0.3) is 0 Å². The van der Waals surface area contributed by atoms with Gasteiger partial charge >= 0.3 is 0 Å². The molecule has 0 amide bonds. The van der Waals surface area contributed by atoms with E-state index in [-0.39, 0.29) is 0 Å². The highest BCUT2D eigenvalue weighted by Gasteiger charge is 2.14. The molecule has 2 aromatic heterocycles. The lowest BCUT2D eigenvalue weighted by atomic mass is 10.2. The zero-order valence-electron chi connectivity index (χ0n) is 9.97. The third-order valence-electron chi connectivity index (χ3n) is 3.07. The smallest absolute Gasteiger partial charge is 0.243 e. The Morgan fingerprint density at radius 2 is 2.44 bits per heavy atom. The van der Waals surface area contributed by atoms with Crippen LogP contribution in [0.25, 0.3) is 5.65 Å². The van der Waals surface area contributed by atoms with Crippen molar-refractivity contribution in [3.63, 3.8) is 0 Å². The van der Waals surface area contributed by atoms with Crippen LogP contribution in [0.1, 0.15) is 19.3 Å². The first-order valence-corrected chi connectivity index (χ1v) is 6.98. The van der Waals surface area contributed by atoms with Crippen LogP contribution in [0.2, 0.25) is 0 Å². The summed E-state index contributed by atoms with van der Waals surface area (Å²) >= 11 is 3.41. The SMILES string of the molecule is Brc1ccc2nc(NCCC3CCCO3)nn2c1. The van der Waals surface area contributed by atoms with Crippen LogP contribution in [-0.4, -0.2) is 33.9 Å². The van der Waals surface area contributed by atoms with Crippen LogP contribution in [0.15, 0.2) is 22.8 Å². The zero-order valence-corrected chi connectivity index (χ0v) is 11.6. The molecule has 2 aromatic rings. The Morgan fingerprint density at radius 1 is 1.50 bits per heavy atom. The number of hydrogen-bond acceptors (Lipinski definition) is 4. The second kappa shape index (κ2) is 5.24. The van der Waals surface area contributed by atoms with Gasteiger partial charge in [-0.25, -0.2) is 4.52 Å². The van der Waals surface area contributed by atoms with Crippen molar-refractivity contribution < 1.29 is 4.74 Å². The summed E-state index contributed by atoms with van der Waals surface area (Å²) in [4.78, 5) is 4.40. The normalized spacial score (nSPS) is 19.5. The van der Waals surface area contributed by atoms with Crippen molar-refractivity contribution in [2.24, 2.45) is 0 Å². The number of pyridine rings is 1. The molecule has 0 saturated carbocycles. The molecule has 1 aliphatic heterocycles. The minimum Gasteiger partial charge on any atom is -0.378 e. The number of rotatable bonds is 4. The van der Waals surface area contributed by atoms with E-state index in [4.69, 9.17) is 4.74 Å². The molecule has 1 saturated heterocycles. The molecule has 96 valence electrons. The molecule has 1 aliphatic rings. The molecule has 0 aliphatic carbocycles. The van der Waals surface area contributed by atoms with E-state index in [1.165, 1.54) is 12.8 Å². The van der Waals surface area contributed by atoms with E-state index >= 15 is 0 Å². The van der Waals surface area contributed by atoms with Gasteiger partial charge in [0.2, 0.25) is 5.95 Å². The van der Waals surface area contributed by atoms with Crippen LogP contribution in [0.4, 0.5) is 5.95 Å². The molecule has 0 bridgehead atoms. The molecular weight excluding hydrogens is 296 g/mol. The highest BCUT2D eigenvalue weighted by molar-refractivity contribution is 9.10. The maximum Gasteiger partial charge on any atom is 0.243 e. The molecule has 5 nitrogen and oxygen atoms in total. The average Bonchev–Trinajstić information content (AvgIpc) is 2.97. The topological polar surface area (TPSA) is 51.5 Å². The average molecular weight is 311 g/mol. The molecule has 6 heteroatoms. The summed E-state index contributed by atoms with van der Waals surface area (Å²) in [5.74, 6) is 0.672. The van der Waals surface area contributed by atoms with Crippen molar-refractivity contribution >= 4 is 27.5 Å². The Hall–Kier alpha value is -1.14. The van der Waals surface area contributed by atoms with E-state index < -0.39 is 0 Å². The first-order valence-electron chi connectivity index (χ1n) is 6.19. The number of hydrogen-bond donors (Lipinski definition) is 1. The van der Waals surface area contributed by atoms with Crippen molar-refractivity contribution in [1.82, 2.24) is 14.6 Å². The predicted molar refractivity (Wildman–Crippen MR) is 72.8 cm³/mol. The van der Waals surface area contributed by atoms with Gasteiger partial charge in [-0.15, -0.1) is 5.10 Å². The van der Waals surface area contributed by atoms with Gasteiger partial charge < -0.3 is 10.1 Å². The van der Waals surface area contributed by atoms with Crippen LogP contribution >= 0.6 is 15.9 Å². The van der Waals surface area contributed by atoms with Gasteiger partial charge in [0, 0.05) is 23.8 Å². The Kier molecular flexibility index (Phi) is 3.47. The number of ether oxygens (including phenoxy) is 1. The minimum atomic E-state index is 0.406. The first-order chi connectivity index (χ1) is 8.81. The van der Waals surface area contributed by atoms with Crippen LogP contribution in [0.5, 0.6) is 0 Å². The largest absolute Gasteiger partial charge is 0.378 e. The second-order valence-corrected chi connectivity index (χ2v) is 5.35. The lowest BCUT2D eigenvalue weighted by Gasteiger charge is -2.08. The minimum absolute atomic E-state index is 0.406. The van der Waals surface area contributed by atoms with E-state index in [2.05, 4.69) is 31.3 Å². The molecule has 3 heterocycles. The summed E-state index contributed by atoms with van der Waals surface area (Å²) in [6, 6.07) is 3.89. The van der Waals surface area contributed by atoms with Gasteiger partial charge in [-0.05, 0) is 47.3 Å². The fourth-order valence-electron chi connectivity index (χ4n) is 2.15. The molecule has 0 spiro atoms. The summed E-state index contributed by atoms with van der Waals surface area (Å²) in [6.45, 7) is 1.76. The van der Waals surface area contributed by atoms with Crippen molar-refractivity contribution in [3.05, 3.63) is 22.8 Å². The molecule has 18 heavy (non-hydrogen) atoms. The fraction of sp³-hybridized carbons (Fsp3) is 0.500. The lowest BCUT2D eigenvalue weighted by Crippen LogP contribution is -2.13. The molecule has 1 N–H and O–H groups in total. The van der Waals surface area contributed by atoms with Gasteiger partial charge in [-0.2, -0.15) is 4.98 Å². The molecule has 1 fully saturated rings. The quantitative estimate of drug-likeness (QED) is 0.942. The van der Waals surface area contributed by atoms with Gasteiger partial charge in [-0.3, -0.25) is 0 Å². The van der Waals surface area contributed by atoms with E-state index in [0.29, 0.717) is 12.1 Å². The Bertz CT molecular complexity index is 536. The van der Waals surface area contributed by atoms with Crippen molar-refractivity contribution in [3.8, 4) is 0 Å². The monoisotopic (exact) mass is 310 g/mol. The summed E-state index contributed by atoms with van der Waals surface area (Å²) < 4.78 is 8.33. The molecule has 0 aromatic carbocycles. The van der Waals surface area contributed by atoms with Crippen molar-refractivity contribution in [1.29, 1.82) is 0 Å². The molecule has 1 unspecified atom stereocenters. The van der Waals surface area contributed by atoms with Gasteiger partial charge in [-0.1, -0.05) is 0 Å². The Balaban J connectivity index is 1.60. The number of aromatic nitrogens is 3. The third-order valence-corrected chi connectivity index (χ3v) is 3.54. The number of halogens is 1. The van der Waals surface area contributed by atoms with E-state index in [9.17, 15) is 0 Å². The lowest BCUT2D eigenvalue weighted by molar-refractivity contribution is 0.107. The number of nitrogens with zero attached hydrogens (tertiary/aromatic N) is 3. The number of fused-ring (bicyclic) bond motifs is 1. The van der Waals surface area contributed by atoms with Crippen molar-refractivity contribution in [2.75, 3.05) is 18.5 Å². The van der Waals surface area contributed by atoms with E-state index in [1.807, 2.05) is 18.3 Å². The van der Waals surface area contributed by atoms with Crippen LogP contribution in [0, 0.1) is 0 Å². The van der Waals surface area contributed by atoms with E-state index in [0.717, 1.165) is 29.7 Å². The highest BCUT2D eigenvalue weighted by Crippen LogP contribution is 2.16. The Labute approximate surface area is 114 Å². The van der Waals surface area contributed by atoms with Gasteiger partial charge in [0.1, 0.15) is 0 Å². The zero-order chi connectivity index (χ0) is 12.4. The highest BCUT2D eigenvalue weighted by atomic mass is 79.9. The van der Waals surface area contributed by atoms with E-state index in [1.54, 1.807) is 4.52 Å². The predicted octanol–water partition coefficient (Wildman–Crippen LogP) is 2.47. The van der Waals surface area contributed by atoms with Gasteiger partial charge in [0.05, 0.1) is 6.10 Å². The molecule has 1 atom stereocenters. The maximum absolute atomic E-state index is 5.57. The maximum atomic E-state index is 5.57.